The molecule has 0 aliphatic carbocycles. The average molecular weight is 281 g/mol. The van der Waals surface area contributed by atoms with E-state index in [-0.39, 0.29) is 17.4 Å². The van der Waals surface area contributed by atoms with Gasteiger partial charge < -0.3 is 5.32 Å². The van der Waals surface area contributed by atoms with Gasteiger partial charge >= 0.3 is 0 Å². The van der Waals surface area contributed by atoms with E-state index in [1.807, 2.05) is 0 Å². The molecule has 0 spiro atoms. The van der Waals surface area contributed by atoms with Crippen LogP contribution < -0.4 is 5.32 Å². The number of thiazole rings is 1. The molecule has 1 saturated heterocycles. The number of nitrogens with one attached hydrogen (secondary N) is 1. The van der Waals surface area contributed by atoms with Crippen molar-refractivity contribution in [3.05, 3.63) is 16.6 Å². The normalized spacial score (nSPS) is 27.8. The second kappa shape index (κ2) is 4.31. The number of hydrogen-bond acceptors (Lipinski definition) is 5. The van der Waals surface area contributed by atoms with Crippen molar-refractivity contribution < 1.29 is 13.2 Å². The van der Waals surface area contributed by atoms with E-state index in [4.69, 9.17) is 11.6 Å². The Kier molecular flexibility index (Phi) is 3.18. The molecule has 1 fully saturated rings. The maximum Gasteiger partial charge on any atom is 0.263 e. The van der Waals surface area contributed by atoms with Crippen molar-refractivity contribution in [2.24, 2.45) is 0 Å². The van der Waals surface area contributed by atoms with Gasteiger partial charge in [0.15, 0.2) is 9.84 Å². The lowest BCUT2D eigenvalue weighted by Gasteiger charge is -2.12. The number of hydrogen-bond donors (Lipinski definition) is 1. The van der Waals surface area contributed by atoms with Crippen molar-refractivity contribution in [2.45, 2.75) is 11.4 Å². The molecule has 2 atom stereocenters. The Hall–Kier alpha value is -0.660. The fourth-order valence-electron chi connectivity index (χ4n) is 1.50. The number of nitrogens with zero attached hydrogens (tertiary/aromatic N) is 1. The summed E-state index contributed by atoms with van der Waals surface area (Å²) in [4.78, 5) is 15.8. The Balaban J connectivity index is 2.04. The number of alkyl halides is 1. The van der Waals surface area contributed by atoms with E-state index in [1.54, 1.807) is 5.51 Å². The average Bonchev–Trinajstić information content (AvgIpc) is 2.74. The smallest absolute Gasteiger partial charge is 0.263 e. The van der Waals surface area contributed by atoms with Gasteiger partial charge in [-0.05, 0) is 0 Å². The van der Waals surface area contributed by atoms with Crippen LogP contribution in [0.25, 0.3) is 0 Å². The highest BCUT2D eigenvalue weighted by atomic mass is 35.5. The van der Waals surface area contributed by atoms with Crippen molar-refractivity contribution in [3.8, 4) is 0 Å². The van der Waals surface area contributed by atoms with Crippen molar-refractivity contribution in [2.75, 3.05) is 11.5 Å². The molecule has 0 bridgehead atoms. The van der Waals surface area contributed by atoms with Crippen LogP contribution in [0, 0.1) is 0 Å². The molecule has 0 saturated carbocycles. The zero-order valence-corrected chi connectivity index (χ0v) is 10.5. The molecule has 1 aromatic heterocycles. The van der Waals surface area contributed by atoms with Crippen molar-refractivity contribution in [3.63, 3.8) is 0 Å². The molecular weight excluding hydrogens is 272 g/mol. The maximum atomic E-state index is 11.6. The molecule has 1 amide bonds. The first kappa shape index (κ1) is 11.8. The monoisotopic (exact) mass is 280 g/mol. The lowest BCUT2D eigenvalue weighted by Crippen LogP contribution is -2.40. The number of aromatic nitrogens is 1. The Morgan fingerprint density at radius 1 is 1.56 bits per heavy atom. The first-order valence-corrected chi connectivity index (χ1v) is 7.65. The molecule has 1 N–H and O–H groups in total. The minimum atomic E-state index is -3.12. The number of carbonyl (C=O) groups excluding carboxylic acids is 1. The summed E-state index contributed by atoms with van der Waals surface area (Å²) in [6.07, 6.45) is 1.44. The topological polar surface area (TPSA) is 76.1 Å². The lowest BCUT2D eigenvalue weighted by molar-refractivity contribution is 0.0945. The third-order valence-electron chi connectivity index (χ3n) is 2.26. The van der Waals surface area contributed by atoms with Crippen molar-refractivity contribution >= 4 is 38.7 Å². The molecule has 0 aromatic carbocycles. The number of carbonyl (C=O) groups is 1. The summed E-state index contributed by atoms with van der Waals surface area (Å²) in [5.74, 6) is -0.497. The molecule has 1 aliphatic rings. The molecule has 1 aliphatic heterocycles. The molecule has 2 unspecified atom stereocenters. The summed E-state index contributed by atoms with van der Waals surface area (Å²) in [6.45, 7) is 0. The molecule has 88 valence electrons. The number of halogens is 1. The Labute approximate surface area is 102 Å². The summed E-state index contributed by atoms with van der Waals surface area (Å²) < 4.78 is 22.5. The molecule has 16 heavy (non-hydrogen) atoms. The molecule has 2 rings (SSSR count). The van der Waals surface area contributed by atoms with Crippen LogP contribution in [0.15, 0.2) is 11.7 Å². The van der Waals surface area contributed by atoms with E-state index in [0.717, 1.165) is 0 Å². The van der Waals surface area contributed by atoms with Gasteiger partial charge in [-0.15, -0.1) is 22.9 Å². The van der Waals surface area contributed by atoms with E-state index >= 15 is 0 Å². The van der Waals surface area contributed by atoms with Crippen LogP contribution in [0.2, 0.25) is 0 Å². The summed E-state index contributed by atoms with van der Waals surface area (Å²) in [7, 11) is -3.12. The van der Waals surface area contributed by atoms with Crippen LogP contribution in [0.5, 0.6) is 0 Å². The molecule has 1 aromatic rings. The first-order chi connectivity index (χ1) is 7.48. The van der Waals surface area contributed by atoms with Gasteiger partial charge in [0.1, 0.15) is 4.88 Å². The zero-order chi connectivity index (χ0) is 11.8. The fraction of sp³-hybridized carbons (Fsp3) is 0.500. The minimum absolute atomic E-state index is 0.0812. The maximum absolute atomic E-state index is 11.6. The number of amides is 1. The van der Waals surface area contributed by atoms with Crippen molar-refractivity contribution in [1.82, 2.24) is 10.3 Å². The third kappa shape index (κ3) is 2.53. The first-order valence-electron chi connectivity index (χ1n) is 4.52. The van der Waals surface area contributed by atoms with E-state index in [0.29, 0.717) is 4.88 Å². The second-order valence-electron chi connectivity index (χ2n) is 3.54. The largest absolute Gasteiger partial charge is 0.346 e. The number of sulfone groups is 1. The second-order valence-corrected chi connectivity index (χ2v) is 7.14. The Bertz CT molecular complexity index is 485. The molecule has 2 heterocycles. The van der Waals surface area contributed by atoms with Gasteiger partial charge in [0.05, 0.1) is 34.6 Å². The lowest BCUT2D eigenvalue weighted by atomic mass is 10.2. The van der Waals surface area contributed by atoms with E-state index in [2.05, 4.69) is 10.3 Å². The van der Waals surface area contributed by atoms with Crippen LogP contribution in [-0.4, -0.2) is 42.2 Å². The predicted octanol–water partition coefficient (Wildman–Crippen LogP) is 0.277. The summed E-state index contributed by atoms with van der Waals surface area (Å²) in [6, 6.07) is -0.513. The van der Waals surface area contributed by atoms with Crippen LogP contribution >= 0.6 is 22.9 Å². The number of rotatable bonds is 2. The van der Waals surface area contributed by atoms with E-state index in [1.165, 1.54) is 17.5 Å². The summed E-state index contributed by atoms with van der Waals surface area (Å²) >= 11 is 7.06. The van der Waals surface area contributed by atoms with Gasteiger partial charge in [0, 0.05) is 0 Å². The van der Waals surface area contributed by atoms with Crippen LogP contribution in [-0.2, 0) is 9.84 Å². The van der Waals surface area contributed by atoms with Crippen LogP contribution in [0.4, 0.5) is 0 Å². The van der Waals surface area contributed by atoms with Gasteiger partial charge in [0.25, 0.3) is 5.91 Å². The Morgan fingerprint density at radius 3 is 2.81 bits per heavy atom. The van der Waals surface area contributed by atoms with Gasteiger partial charge in [-0.2, -0.15) is 0 Å². The quantitative estimate of drug-likeness (QED) is 0.790. The molecule has 0 radical (unpaired) electrons. The van der Waals surface area contributed by atoms with Gasteiger partial charge in [-0.25, -0.2) is 8.42 Å². The SMILES string of the molecule is O=C(NC1CS(=O)(=O)CC1Cl)c1cncs1. The van der Waals surface area contributed by atoms with Gasteiger partial charge in [0.2, 0.25) is 0 Å². The molecule has 8 heteroatoms. The summed E-state index contributed by atoms with van der Waals surface area (Å²) in [5, 5.41) is 2.05. The van der Waals surface area contributed by atoms with E-state index in [9.17, 15) is 13.2 Å². The predicted molar refractivity (Wildman–Crippen MR) is 61.7 cm³/mol. The van der Waals surface area contributed by atoms with Gasteiger partial charge in [-0.3, -0.25) is 9.78 Å². The molecule has 5 nitrogen and oxygen atoms in total. The minimum Gasteiger partial charge on any atom is -0.346 e. The Morgan fingerprint density at radius 2 is 2.31 bits per heavy atom. The summed E-state index contributed by atoms with van der Waals surface area (Å²) in [5.41, 5.74) is 1.54. The van der Waals surface area contributed by atoms with Crippen LogP contribution in [0.1, 0.15) is 9.67 Å². The van der Waals surface area contributed by atoms with Crippen molar-refractivity contribution in [1.29, 1.82) is 0 Å². The van der Waals surface area contributed by atoms with Gasteiger partial charge in [-0.1, -0.05) is 0 Å². The standard InChI is InChI=1S/C8H9ClN2O3S2/c9-5-2-16(13,14)3-6(5)11-8(12)7-1-10-4-15-7/h1,4-6H,2-3H2,(H,11,12). The highest BCUT2D eigenvalue weighted by molar-refractivity contribution is 7.91. The molecular formula is C8H9ClN2O3S2. The highest BCUT2D eigenvalue weighted by Crippen LogP contribution is 2.18. The van der Waals surface area contributed by atoms with E-state index < -0.39 is 21.3 Å². The highest BCUT2D eigenvalue weighted by Gasteiger charge is 2.37. The third-order valence-corrected chi connectivity index (χ3v) is 5.40. The zero-order valence-electron chi connectivity index (χ0n) is 8.09. The van der Waals surface area contributed by atoms with Crippen LogP contribution in [0.3, 0.4) is 0 Å². The fourth-order valence-corrected chi connectivity index (χ4v) is 4.58.